The Labute approximate surface area is 228 Å². The van der Waals surface area contributed by atoms with Gasteiger partial charge in [-0.25, -0.2) is 10.0 Å². The van der Waals surface area contributed by atoms with Gasteiger partial charge in [-0.1, -0.05) is 88.7 Å². The highest BCUT2D eigenvalue weighted by Crippen LogP contribution is 2.55. The third kappa shape index (κ3) is 3.90. The summed E-state index contributed by atoms with van der Waals surface area (Å²) in [5.41, 5.74) is 6.76. The van der Waals surface area contributed by atoms with Gasteiger partial charge in [0.25, 0.3) is 0 Å². The van der Waals surface area contributed by atoms with Crippen LogP contribution in [-0.4, -0.2) is 16.5 Å². The third-order valence-electron chi connectivity index (χ3n) is 6.50. The Balaban J connectivity index is 1.68. The summed E-state index contributed by atoms with van der Waals surface area (Å²) in [6, 6.07) is 34.7. The number of nitrogens with zero attached hydrogens (tertiary/aromatic N) is 4. The summed E-state index contributed by atoms with van der Waals surface area (Å²) in [5, 5.41) is 14.7. The fraction of sp³-hybridized carbons (Fsp3) is 0.100. The Hall–Kier alpha value is -3.68. The lowest BCUT2D eigenvalue weighted by atomic mass is 9.93. The van der Waals surface area contributed by atoms with Crippen LogP contribution >= 0.6 is 27.7 Å². The van der Waals surface area contributed by atoms with Gasteiger partial charge in [-0.05, 0) is 54.6 Å². The second kappa shape index (κ2) is 9.32. The molecule has 37 heavy (non-hydrogen) atoms. The van der Waals surface area contributed by atoms with Crippen molar-refractivity contribution in [3.63, 3.8) is 0 Å². The Morgan fingerprint density at radius 1 is 0.811 bits per heavy atom. The SMILES string of the molecule is CC(=O)C1=NN(c2ccccc2C)[C@@]2(S1)c1ccccc1C(c1ccc(Br)cc1)=NN2c1ccccc1. The van der Waals surface area contributed by atoms with E-state index in [9.17, 15) is 4.79 Å². The van der Waals surface area contributed by atoms with E-state index in [1.165, 1.54) is 11.8 Å². The van der Waals surface area contributed by atoms with Gasteiger partial charge in [-0.2, -0.15) is 10.2 Å². The first-order valence-electron chi connectivity index (χ1n) is 11.9. The monoisotopic (exact) mass is 566 g/mol. The molecule has 4 aromatic rings. The van der Waals surface area contributed by atoms with Gasteiger partial charge in [0.2, 0.25) is 4.99 Å². The molecule has 0 aromatic heterocycles. The zero-order valence-electron chi connectivity index (χ0n) is 20.3. The number of fused-ring (bicyclic) bond motifs is 2. The van der Waals surface area contributed by atoms with E-state index in [2.05, 4.69) is 53.2 Å². The summed E-state index contributed by atoms with van der Waals surface area (Å²) >= 11 is 4.99. The molecule has 0 amide bonds. The molecule has 5 nitrogen and oxygen atoms in total. The number of anilines is 2. The van der Waals surface area contributed by atoms with Crippen molar-refractivity contribution in [3.05, 3.63) is 130 Å². The van der Waals surface area contributed by atoms with Gasteiger partial charge in [0.05, 0.1) is 17.1 Å². The standard InChI is InChI=1S/C30H23BrN4OS/c1-20-10-6-9-15-27(20)35-30(37-29(33-35)21(2)36)26-14-8-7-13-25(26)28(22-16-18-23(31)19-17-22)32-34(30)24-11-4-3-5-12-24/h3-19H,1-2H3/t30-/m1/s1. The highest BCUT2D eigenvalue weighted by atomic mass is 79.9. The number of hydrogen-bond acceptors (Lipinski definition) is 6. The molecule has 2 aliphatic heterocycles. The fourth-order valence-corrected chi connectivity index (χ4v) is 6.30. The fourth-order valence-electron chi connectivity index (χ4n) is 4.75. The van der Waals surface area contributed by atoms with Crippen LogP contribution < -0.4 is 10.0 Å². The molecule has 0 aliphatic carbocycles. The van der Waals surface area contributed by atoms with E-state index in [-0.39, 0.29) is 5.78 Å². The number of Topliss-reactive ketones (excluding diaryl/α,β-unsaturated/α-hetero) is 1. The number of hydrogen-bond donors (Lipinski definition) is 0. The van der Waals surface area contributed by atoms with Crippen molar-refractivity contribution in [1.29, 1.82) is 0 Å². The molecular weight excluding hydrogens is 544 g/mol. The first-order chi connectivity index (χ1) is 18.0. The van der Waals surface area contributed by atoms with E-state index < -0.39 is 4.99 Å². The molecule has 0 fully saturated rings. The van der Waals surface area contributed by atoms with Crippen LogP contribution in [0.25, 0.3) is 0 Å². The number of benzene rings is 4. The lowest BCUT2D eigenvalue weighted by molar-refractivity contribution is -0.110. The Bertz CT molecular complexity index is 1570. The van der Waals surface area contributed by atoms with E-state index in [0.717, 1.165) is 43.8 Å². The molecule has 0 saturated carbocycles. The largest absolute Gasteiger partial charge is 0.292 e. The van der Waals surface area contributed by atoms with Crippen LogP contribution in [0.5, 0.6) is 0 Å². The molecule has 6 rings (SSSR count). The highest BCUT2D eigenvalue weighted by molar-refractivity contribution is 9.10. The van der Waals surface area contributed by atoms with Crippen LogP contribution in [0.4, 0.5) is 11.4 Å². The number of ketones is 1. The minimum absolute atomic E-state index is 0.0753. The van der Waals surface area contributed by atoms with Crippen molar-refractivity contribution in [1.82, 2.24) is 0 Å². The number of hydrazone groups is 2. The van der Waals surface area contributed by atoms with E-state index >= 15 is 0 Å². The smallest absolute Gasteiger partial charge is 0.234 e. The third-order valence-corrected chi connectivity index (χ3v) is 8.44. The van der Waals surface area contributed by atoms with Crippen LogP contribution in [0.1, 0.15) is 29.2 Å². The number of aryl methyl sites for hydroxylation is 1. The second-order valence-corrected chi connectivity index (χ2v) is 11.0. The molecule has 182 valence electrons. The molecule has 0 unspecified atom stereocenters. The van der Waals surface area contributed by atoms with Gasteiger partial charge in [0.1, 0.15) is 0 Å². The summed E-state index contributed by atoms with van der Waals surface area (Å²) in [6.07, 6.45) is 0. The van der Waals surface area contributed by atoms with E-state index in [1.807, 2.05) is 82.8 Å². The van der Waals surface area contributed by atoms with Crippen LogP contribution in [0.2, 0.25) is 0 Å². The molecule has 2 heterocycles. The maximum atomic E-state index is 12.8. The van der Waals surface area contributed by atoms with E-state index in [1.54, 1.807) is 6.92 Å². The molecule has 0 saturated heterocycles. The number of thioether (sulfide) groups is 1. The van der Waals surface area contributed by atoms with Crippen molar-refractivity contribution in [2.24, 2.45) is 10.2 Å². The van der Waals surface area contributed by atoms with Crippen molar-refractivity contribution >= 4 is 55.6 Å². The van der Waals surface area contributed by atoms with Crippen LogP contribution in [-0.2, 0) is 9.79 Å². The number of halogens is 1. The number of para-hydroxylation sites is 2. The number of carbonyl (C=O) groups excluding carboxylic acids is 1. The minimum Gasteiger partial charge on any atom is -0.292 e. The molecule has 0 radical (unpaired) electrons. The van der Waals surface area contributed by atoms with Crippen molar-refractivity contribution in [2.45, 2.75) is 18.8 Å². The maximum absolute atomic E-state index is 12.8. The molecule has 0 bridgehead atoms. The van der Waals surface area contributed by atoms with Crippen molar-refractivity contribution in [3.8, 4) is 0 Å². The summed E-state index contributed by atoms with van der Waals surface area (Å²) < 4.78 is 1.01. The molecular formula is C30H23BrN4OS. The number of rotatable bonds is 4. The Kier molecular flexibility index (Phi) is 5.97. The van der Waals surface area contributed by atoms with Gasteiger partial charge in [0.15, 0.2) is 10.8 Å². The average molecular weight is 568 g/mol. The summed E-state index contributed by atoms with van der Waals surface area (Å²) in [4.78, 5) is 11.8. The predicted molar refractivity (Wildman–Crippen MR) is 156 cm³/mol. The second-order valence-electron chi connectivity index (χ2n) is 8.92. The zero-order valence-corrected chi connectivity index (χ0v) is 22.7. The lowest BCUT2D eigenvalue weighted by Gasteiger charge is -2.47. The number of carbonyl (C=O) groups is 1. The van der Waals surface area contributed by atoms with Crippen LogP contribution in [0.15, 0.2) is 118 Å². The van der Waals surface area contributed by atoms with Crippen LogP contribution in [0.3, 0.4) is 0 Å². The lowest BCUT2D eigenvalue weighted by Crippen LogP contribution is -2.54. The average Bonchev–Trinajstić information content (AvgIpc) is 3.31. The maximum Gasteiger partial charge on any atom is 0.234 e. The van der Waals surface area contributed by atoms with Crippen molar-refractivity contribution in [2.75, 3.05) is 10.0 Å². The molecule has 1 atom stereocenters. The first-order valence-corrected chi connectivity index (χ1v) is 13.5. The van der Waals surface area contributed by atoms with Gasteiger partial charge < -0.3 is 0 Å². The molecule has 1 spiro atoms. The van der Waals surface area contributed by atoms with Gasteiger partial charge in [-0.3, -0.25) is 4.79 Å². The van der Waals surface area contributed by atoms with E-state index in [0.29, 0.717) is 5.04 Å². The predicted octanol–water partition coefficient (Wildman–Crippen LogP) is 7.30. The topological polar surface area (TPSA) is 48.3 Å². The van der Waals surface area contributed by atoms with E-state index in [4.69, 9.17) is 10.2 Å². The molecule has 7 heteroatoms. The van der Waals surface area contributed by atoms with Crippen molar-refractivity contribution < 1.29 is 4.79 Å². The summed E-state index contributed by atoms with van der Waals surface area (Å²) in [5.74, 6) is -0.0753. The first kappa shape index (κ1) is 23.7. The normalized spacial score (nSPS) is 18.5. The minimum atomic E-state index is -0.941. The zero-order chi connectivity index (χ0) is 25.6. The Morgan fingerprint density at radius 3 is 2.22 bits per heavy atom. The molecule has 4 aromatic carbocycles. The summed E-state index contributed by atoms with van der Waals surface area (Å²) in [6.45, 7) is 3.63. The van der Waals surface area contributed by atoms with Gasteiger partial charge in [0, 0.05) is 28.1 Å². The Morgan fingerprint density at radius 2 is 1.49 bits per heavy atom. The quantitative estimate of drug-likeness (QED) is 0.260. The van der Waals surface area contributed by atoms with Gasteiger partial charge in [-0.15, -0.1) is 0 Å². The summed E-state index contributed by atoms with van der Waals surface area (Å²) in [7, 11) is 0. The molecule has 0 N–H and O–H groups in total. The van der Waals surface area contributed by atoms with Crippen LogP contribution in [0, 0.1) is 6.92 Å². The molecule has 2 aliphatic rings. The highest BCUT2D eigenvalue weighted by Gasteiger charge is 2.56. The van der Waals surface area contributed by atoms with Gasteiger partial charge >= 0.3 is 0 Å².